The molecule has 8 N–H and O–H groups in total. The van der Waals surface area contributed by atoms with E-state index in [0.717, 1.165) is 27.8 Å². The zero-order valence-corrected chi connectivity index (χ0v) is 72.6. The van der Waals surface area contributed by atoms with Crippen LogP contribution in [-0.2, 0) is 81.7 Å². The lowest BCUT2D eigenvalue weighted by molar-refractivity contribution is -0.157. The lowest BCUT2D eigenvalue weighted by Crippen LogP contribution is -2.63. The molecule has 0 aromatic heterocycles. The van der Waals surface area contributed by atoms with Crippen LogP contribution in [0.4, 0.5) is 21.0 Å². The molecular weight excluding hydrogens is 1590 g/mol. The van der Waals surface area contributed by atoms with E-state index in [0.29, 0.717) is 52.4 Å². The number of epoxide rings is 1. The first-order valence-electron chi connectivity index (χ1n) is 40.8. The van der Waals surface area contributed by atoms with E-state index >= 15 is 0 Å². The van der Waals surface area contributed by atoms with Crippen LogP contribution < -0.4 is 46.7 Å². The second-order valence-electron chi connectivity index (χ2n) is 32.6. The summed E-state index contributed by atoms with van der Waals surface area (Å²) >= 11 is 7.09. The number of nitrogens with zero attached hydrogens (tertiary/aromatic N) is 1. The third kappa shape index (κ3) is 25.7. The molecule has 1 unspecified atom stereocenters. The summed E-state index contributed by atoms with van der Waals surface area (Å²) in [5.41, 5.74) is 9.72. The third-order valence-electron chi connectivity index (χ3n) is 22.4. The number of Topliss-reactive ketones (excluding diaryl/α,β-unsaturated/α-hetero) is 3. The van der Waals surface area contributed by atoms with E-state index in [4.69, 9.17) is 50.5 Å². The van der Waals surface area contributed by atoms with Gasteiger partial charge in [0.15, 0.2) is 32.9 Å². The van der Waals surface area contributed by atoms with Gasteiger partial charge in [-0.2, -0.15) is 0 Å². The van der Waals surface area contributed by atoms with Crippen LogP contribution >= 0.6 is 11.6 Å². The van der Waals surface area contributed by atoms with Gasteiger partial charge in [-0.05, 0) is 143 Å². The second-order valence-corrected chi connectivity index (χ2v) is 35.0. The number of urea groups is 1. The molecule has 2 fully saturated rings. The topological polar surface area (TPSA) is 382 Å². The van der Waals surface area contributed by atoms with Gasteiger partial charge in [-0.1, -0.05) is 160 Å². The maximum Gasteiger partial charge on any atom is 0.409 e. The molecule has 0 spiro atoms. The number of amides is 7. The number of anilines is 2. The first-order chi connectivity index (χ1) is 57.4. The first-order valence-corrected chi connectivity index (χ1v) is 42.9. The molecule has 27 nitrogen and oxygen atoms in total. The molecule has 11 atom stereocenters. The summed E-state index contributed by atoms with van der Waals surface area (Å²) in [7, 11) is 2.12. The van der Waals surface area contributed by atoms with Gasteiger partial charge in [-0.3, -0.25) is 43.7 Å². The molecule has 6 aromatic carbocycles. The van der Waals surface area contributed by atoms with Crippen molar-refractivity contribution in [1.82, 2.24) is 21.3 Å². The van der Waals surface area contributed by atoms with E-state index in [1.54, 1.807) is 115 Å². The Bertz CT molecular complexity index is 4880. The van der Waals surface area contributed by atoms with Gasteiger partial charge in [0.25, 0.3) is 0 Å². The van der Waals surface area contributed by atoms with Crippen molar-refractivity contribution in [2.75, 3.05) is 64.0 Å². The number of methoxy groups -OCH3 is 3. The summed E-state index contributed by atoms with van der Waals surface area (Å²) in [5, 5.41) is 25.7. The van der Waals surface area contributed by atoms with Gasteiger partial charge in [0, 0.05) is 106 Å². The van der Waals surface area contributed by atoms with Gasteiger partial charge in [0.05, 0.1) is 59.6 Å². The second kappa shape index (κ2) is 42.7. The highest BCUT2D eigenvalue weighted by Crippen LogP contribution is 2.50. The van der Waals surface area contributed by atoms with Gasteiger partial charge >= 0.3 is 18.1 Å². The molecular formula is C92H114ClN7O20S. The molecule has 650 valence electrons. The molecule has 2 saturated heterocycles. The van der Waals surface area contributed by atoms with Crippen LogP contribution in [0.25, 0.3) is 11.1 Å². The zero-order chi connectivity index (χ0) is 88.2. The number of esters is 1. The summed E-state index contributed by atoms with van der Waals surface area (Å²) in [6.07, 6.45) is 0.702. The van der Waals surface area contributed by atoms with Crippen molar-refractivity contribution in [3.63, 3.8) is 0 Å². The van der Waals surface area contributed by atoms with E-state index in [9.17, 15) is 61.5 Å². The van der Waals surface area contributed by atoms with E-state index in [1.807, 2.05) is 63.2 Å². The van der Waals surface area contributed by atoms with Gasteiger partial charge in [0.2, 0.25) is 23.6 Å². The highest BCUT2D eigenvalue weighted by molar-refractivity contribution is 7.91. The van der Waals surface area contributed by atoms with Crippen LogP contribution in [0.15, 0.2) is 156 Å². The number of nitrogens with one attached hydrogen (secondary N) is 5. The molecule has 121 heavy (non-hydrogen) atoms. The number of ketones is 3. The monoisotopic (exact) mass is 1700 g/mol. The number of allylic oxidation sites excluding steroid dienone is 3. The number of benzene rings is 6. The number of sulfone groups is 1. The van der Waals surface area contributed by atoms with Crippen molar-refractivity contribution in [1.29, 1.82) is 0 Å². The summed E-state index contributed by atoms with van der Waals surface area (Å²) < 4.78 is 69.1. The Hall–Kier alpha value is -10.6. The molecule has 7 amide bonds. The van der Waals surface area contributed by atoms with E-state index in [2.05, 4.69) is 26.6 Å². The van der Waals surface area contributed by atoms with Crippen LogP contribution in [-0.4, -0.2) is 168 Å². The van der Waals surface area contributed by atoms with Crippen LogP contribution in [0.3, 0.4) is 0 Å². The molecule has 0 radical (unpaired) electrons. The van der Waals surface area contributed by atoms with Crippen molar-refractivity contribution in [3.8, 4) is 22.6 Å². The number of fused-ring (bicyclic) bond motifs is 5. The Balaban J connectivity index is 0.854. The fourth-order valence-corrected chi connectivity index (χ4v) is 17.0. The Kier molecular flexibility index (Phi) is 33.3. The van der Waals surface area contributed by atoms with Crippen molar-refractivity contribution in [2.45, 2.75) is 186 Å². The fourth-order valence-electron chi connectivity index (χ4n) is 15.1. The average Bonchev–Trinajstić information content (AvgIpc) is 1.57. The number of hydrogen-bond donors (Lipinski definition) is 7. The molecule has 29 heteroatoms. The van der Waals surface area contributed by atoms with E-state index in [1.165, 1.54) is 62.6 Å². The van der Waals surface area contributed by atoms with Crippen molar-refractivity contribution < 1.29 is 94.6 Å². The molecule has 9 rings (SSSR count). The first kappa shape index (κ1) is 94.2. The minimum absolute atomic E-state index is 0.0224. The smallest absolute Gasteiger partial charge is 0.409 e. The van der Waals surface area contributed by atoms with Gasteiger partial charge in [-0.25, -0.2) is 18.0 Å². The maximum atomic E-state index is 15.0. The van der Waals surface area contributed by atoms with Gasteiger partial charge in [0.1, 0.15) is 42.0 Å². The Morgan fingerprint density at radius 1 is 0.769 bits per heavy atom. The predicted molar refractivity (Wildman–Crippen MR) is 459 cm³/mol. The van der Waals surface area contributed by atoms with Crippen LogP contribution in [0.5, 0.6) is 11.5 Å². The van der Waals surface area contributed by atoms with Gasteiger partial charge in [-0.15, -0.1) is 0 Å². The number of halogens is 1. The number of nitrogens with two attached hydrogens (primary N) is 1. The summed E-state index contributed by atoms with van der Waals surface area (Å²) in [4.78, 5) is 140. The number of aliphatic hydroxyl groups is 1. The molecule has 3 aliphatic rings. The Morgan fingerprint density at radius 3 is 2.07 bits per heavy atom. The number of hydrogen-bond acceptors (Lipinski definition) is 20. The standard InChI is InChI=1S/C92H114ClN7O20S/c1-54(2)83(98-80(103)40-34-67(86(106)95-42-43-114-11)48-73(101)63-29-31-64(32-30-63)84(105)68(28-25-60-23-19-56(5)20-24-60)53-121(112,113)70-37-21-57(6)22-38-70)74(102)49-66(17-15-41-96-89(94)109)87(107)97-69-35-26-61(27-36-69)52-117-75-39-33-65(47-71(75)93)82-72-45-62(46-76(82)115-12)44-58(7)16-14-18-78(116-13)92(111)51-77(118-90(110)99-92)59(8)85-91(9,120-85)79(50-81(104)100(72)10)119-88(108)55(3)4/h14,16,18-24,26-27,29-33,35-39,45-47,54-55,59,66-68,77-79,83,85,111H,15,17,25,28,34,40-44,48-53H2,1-13H3,(H,95,106)(H,97,107)(H,98,103)(H,99,110)(H3,94,96,109)/b18-14+,58-16+/t59-,66-,67-,68?,77+,78-,79+,83+,85+,91+,92+/m1/s1. The number of alkyl carbamates (subject to hydrolysis) is 1. The highest BCUT2D eigenvalue weighted by atomic mass is 35.5. The third-order valence-corrected chi connectivity index (χ3v) is 24.6. The summed E-state index contributed by atoms with van der Waals surface area (Å²) in [6.45, 7) is 16.5. The number of carbonyl (C=O) groups excluding carboxylic acids is 10. The van der Waals surface area contributed by atoms with Gasteiger partial charge < -0.3 is 70.2 Å². The number of aryl methyl sites for hydroxylation is 3. The summed E-state index contributed by atoms with van der Waals surface area (Å²) in [6, 6.07) is 34.0. The average molecular weight is 1710 g/mol. The largest absolute Gasteiger partial charge is 0.496 e. The number of carbonyl (C=O) groups is 10. The normalized spacial score (nSPS) is 21.0. The molecule has 3 heterocycles. The Labute approximate surface area is 713 Å². The quantitative estimate of drug-likeness (QED) is 0.00824. The minimum Gasteiger partial charge on any atom is -0.496 e. The predicted octanol–water partition coefficient (Wildman–Crippen LogP) is 12.6. The lowest BCUT2D eigenvalue weighted by atomic mass is 9.83. The molecule has 6 aromatic rings. The van der Waals surface area contributed by atoms with Crippen LogP contribution in [0, 0.1) is 49.4 Å². The highest BCUT2D eigenvalue weighted by Gasteiger charge is 2.64. The van der Waals surface area contributed by atoms with Crippen molar-refractivity contribution in [2.24, 2.45) is 41.2 Å². The van der Waals surface area contributed by atoms with Crippen LogP contribution in [0.2, 0.25) is 5.02 Å². The van der Waals surface area contributed by atoms with Crippen LogP contribution in [0.1, 0.15) is 155 Å². The Morgan fingerprint density at radius 2 is 1.43 bits per heavy atom. The van der Waals surface area contributed by atoms with Crippen molar-refractivity contribution in [3.05, 3.63) is 195 Å². The SMILES string of the molecule is COCCNC(=O)[C@H](CCC(=O)N[C@H](C(=O)C[C@@H](CCCNC(N)=O)C(=O)Nc1ccc(COc2ccc(-c3c(OC)cc4cc3N(C)C(=O)C[C@H](OC(=O)C(C)C)[C@]3(C)O[C@H]3[C@H](C)[C@@H]3C[C@@](O)(NC(=O)O3)[C@H](OC)/C=C/C=C(\C)C4)cc2Cl)cc1)C(C)C)CC(=O)c1ccc(C(=O)C(CCc2ccc(C)cc2)CS(=O)(=O)c2ccc(C)cc2)cc1. The molecule has 4 bridgehead atoms. The van der Waals surface area contributed by atoms with E-state index < -0.39 is 152 Å². The molecule has 0 aliphatic carbocycles. The molecule has 0 saturated carbocycles. The maximum absolute atomic E-state index is 15.0. The number of primary amides is 1. The summed E-state index contributed by atoms with van der Waals surface area (Å²) in [5.74, 6) is -8.16. The molecule has 3 aliphatic heterocycles. The lowest BCUT2D eigenvalue weighted by Gasteiger charge is -2.42. The van der Waals surface area contributed by atoms with E-state index in [-0.39, 0.29) is 105 Å². The fraction of sp³-hybridized carbons (Fsp3) is 0.457. The number of ether oxygens (including phenoxy) is 7. The zero-order valence-electron chi connectivity index (χ0n) is 71.0. The number of rotatable bonds is 37. The minimum atomic E-state index is -3.89. The van der Waals surface area contributed by atoms with Crippen molar-refractivity contribution >= 4 is 91.9 Å².